The number of hydrogen-bond donors (Lipinski definition) is 3. The van der Waals surface area contributed by atoms with Gasteiger partial charge in [0.15, 0.2) is 0 Å². The maximum Gasteiger partial charge on any atom is 0.0710 e. The van der Waals surface area contributed by atoms with Crippen molar-refractivity contribution in [3.63, 3.8) is 0 Å². The highest BCUT2D eigenvalue weighted by Gasteiger charge is 2.07. The van der Waals surface area contributed by atoms with E-state index in [1.54, 1.807) is 6.20 Å². The lowest BCUT2D eigenvalue weighted by Gasteiger charge is -2.05. The SMILES string of the molecule is c1cncc(-c2[nH]ncc2CNCCc2c[nH]c3ccccc23)c1. The maximum atomic E-state index is 4.17. The summed E-state index contributed by atoms with van der Waals surface area (Å²) in [6.07, 6.45) is 8.60. The van der Waals surface area contributed by atoms with Gasteiger partial charge < -0.3 is 10.3 Å². The zero-order valence-corrected chi connectivity index (χ0v) is 13.3. The molecule has 3 heterocycles. The summed E-state index contributed by atoms with van der Waals surface area (Å²) in [4.78, 5) is 7.49. The van der Waals surface area contributed by atoms with Crippen molar-refractivity contribution < 1.29 is 0 Å². The van der Waals surface area contributed by atoms with E-state index in [1.807, 2.05) is 24.5 Å². The van der Waals surface area contributed by atoms with Crippen LogP contribution in [0.3, 0.4) is 0 Å². The molecule has 0 unspecified atom stereocenters. The van der Waals surface area contributed by atoms with Gasteiger partial charge in [0, 0.05) is 47.2 Å². The summed E-state index contributed by atoms with van der Waals surface area (Å²) < 4.78 is 0. The highest BCUT2D eigenvalue weighted by atomic mass is 15.1. The smallest absolute Gasteiger partial charge is 0.0710 e. The van der Waals surface area contributed by atoms with Crippen LogP contribution in [-0.2, 0) is 13.0 Å². The van der Waals surface area contributed by atoms with Crippen molar-refractivity contribution in [1.82, 2.24) is 25.5 Å². The summed E-state index contributed by atoms with van der Waals surface area (Å²) in [5.41, 5.74) is 5.78. The lowest BCUT2D eigenvalue weighted by molar-refractivity contribution is 0.689. The molecule has 0 saturated carbocycles. The summed E-state index contributed by atoms with van der Waals surface area (Å²) in [5.74, 6) is 0. The Labute approximate surface area is 140 Å². The fourth-order valence-corrected chi connectivity index (χ4v) is 2.99. The van der Waals surface area contributed by atoms with Gasteiger partial charge in [-0.2, -0.15) is 5.10 Å². The molecule has 0 saturated heterocycles. The summed E-state index contributed by atoms with van der Waals surface area (Å²) in [5, 5.41) is 12.0. The predicted molar refractivity (Wildman–Crippen MR) is 95.5 cm³/mol. The van der Waals surface area contributed by atoms with Gasteiger partial charge in [-0.05, 0) is 36.7 Å². The topological polar surface area (TPSA) is 69.4 Å². The van der Waals surface area contributed by atoms with Crippen LogP contribution in [0.2, 0.25) is 0 Å². The molecule has 0 spiro atoms. The number of para-hydroxylation sites is 1. The zero-order chi connectivity index (χ0) is 16.2. The third-order valence-electron chi connectivity index (χ3n) is 4.23. The van der Waals surface area contributed by atoms with Gasteiger partial charge in [-0.1, -0.05) is 18.2 Å². The largest absolute Gasteiger partial charge is 0.361 e. The first-order chi connectivity index (χ1) is 11.9. The number of H-pyrrole nitrogens is 2. The molecule has 0 amide bonds. The third kappa shape index (κ3) is 2.94. The Morgan fingerprint density at radius 3 is 2.88 bits per heavy atom. The third-order valence-corrected chi connectivity index (χ3v) is 4.23. The monoisotopic (exact) mass is 317 g/mol. The first-order valence-electron chi connectivity index (χ1n) is 8.10. The van der Waals surface area contributed by atoms with Gasteiger partial charge in [0.1, 0.15) is 0 Å². The highest BCUT2D eigenvalue weighted by molar-refractivity contribution is 5.83. The molecule has 0 bridgehead atoms. The van der Waals surface area contributed by atoms with Crippen LogP contribution in [0.1, 0.15) is 11.1 Å². The summed E-state index contributed by atoms with van der Waals surface area (Å²) in [6.45, 7) is 1.70. The van der Waals surface area contributed by atoms with Crippen molar-refractivity contribution in [2.45, 2.75) is 13.0 Å². The minimum Gasteiger partial charge on any atom is -0.361 e. The van der Waals surface area contributed by atoms with Gasteiger partial charge in [0.2, 0.25) is 0 Å². The molecule has 0 atom stereocenters. The van der Waals surface area contributed by atoms with Crippen LogP contribution in [0.5, 0.6) is 0 Å². The van der Waals surface area contributed by atoms with Crippen molar-refractivity contribution in [2.75, 3.05) is 6.54 Å². The van der Waals surface area contributed by atoms with Gasteiger partial charge in [-0.25, -0.2) is 0 Å². The number of nitrogens with one attached hydrogen (secondary N) is 3. The molecule has 0 radical (unpaired) electrons. The number of fused-ring (bicyclic) bond motifs is 1. The van der Waals surface area contributed by atoms with Crippen LogP contribution < -0.4 is 5.32 Å². The lowest BCUT2D eigenvalue weighted by atomic mass is 10.1. The predicted octanol–water partition coefficient (Wildman–Crippen LogP) is 3.29. The van der Waals surface area contributed by atoms with Crippen LogP contribution in [-0.4, -0.2) is 26.7 Å². The molecular formula is C19H19N5. The Kier molecular flexibility index (Phi) is 4.08. The van der Waals surface area contributed by atoms with Gasteiger partial charge >= 0.3 is 0 Å². The molecule has 4 rings (SSSR count). The van der Waals surface area contributed by atoms with Gasteiger partial charge in [-0.3, -0.25) is 10.1 Å². The van der Waals surface area contributed by atoms with E-state index in [0.717, 1.165) is 36.3 Å². The minimum absolute atomic E-state index is 0.781. The quantitative estimate of drug-likeness (QED) is 0.478. The first kappa shape index (κ1) is 14.7. The van der Waals surface area contributed by atoms with Gasteiger partial charge in [0.25, 0.3) is 0 Å². The molecule has 1 aromatic carbocycles. The van der Waals surface area contributed by atoms with E-state index in [1.165, 1.54) is 16.5 Å². The molecule has 120 valence electrons. The maximum absolute atomic E-state index is 4.17. The normalized spacial score (nSPS) is 11.2. The van der Waals surface area contributed by atoms with Gasteiger partial charge in [0.05, 0.1) is 11.9 Å². The molecular weight excluding hydrogens is 298 g/mol. The Hall–Kier alpha value is -2.92. The average Bonchev–Trinajstić information content (AvgIpc) is 3.27. The minimum atomic E-state index is 0.781. The van der Waals surface area contributed by atoms with Crippen LogP contribution in [0.4, 0.5) is 0 Å². The standard InChI is InChI=1S/C19H19N5/c1-2-6-18-17(5-1)14(12-22-18)7-9-21-11-16-13-23-24-19(16)15-4-3-8-20-10-15/h1-6,8,10,12-13,21-22H,7,9,11H2,(H,23,24). The second kappa shape index (κ2) is 6.68. The second-order valence-electron chi connectivity index (χ2n) is 5.80. The van der Waals surface area contributed by atoms with E-state index < -0.39 is 0 Å². The molecule has 0 aliphatic carbocycles. The average molecular weight is 317 g/mol. The van der Waals surface area contributed by atoms with Crippen molar-refractivity contribution in [2.24, 2.45) is 0 Å². The molecule has 24 heavy (non-hydrogen) atoms. The number of nitrogens with zero attached hydrogens (tertiary/aromatic N) is 2. The first-order valence-corrected chi connectivity index (χ1v) is 8.10. The number of aromatic nitrogens is 4. The Bertz CT molecular complexity index is 923. The lowest BCUT2D eigenvalue weighted by Crippen LogP contribution is -2.16. The van der Waals surface area contributed by atoms with Crippen molar-refractivity contribution >= 4 is 10.9 Å². The molecule has 0 aliphatic heterocycles. The van der Waals surface area contributed by atoms with E-state index in [4.69, 9.17) is 0 Å². The van der Waals surface area contributed by atoms with E-state index in [0.29, 0.717) is 0 Å². The Morgan fingerprint density at radius 1 is 1.00 bits per heavy atom. The highest BCUT2D eigenvalue weighted by Crippen LogP contribution is 2.20. The number of hydrogen-bond acceptors (Lipinski definition) is 3. The van der Waals surface area contributed by atoms with Crippen LogP contribution in [0.15, 0.2) is 61.2 Å². The zero-order valence-electron chi connectivity index (χ0n) is 13.3. The molecule has 0 fully saturated rings. The second-order valence-corrected chi connectivity index (χ2v) is 5.80. The number of pyridine rings is 1. The van der Waals surface area contributed by atoms with E-state index in [-0.39, 0.29) is 0 Å². The number of aromatic amines is 2. The fourth-order valence-electron chi connectivity index (χ4n) is 2.99. The molecule has 5 heteroatoms. The van der Waals surface area contributed by atoms with Gasteiger partial charge in [-0.15, -0.1) is 0 Å². The number of benzene rings is 1. The molecule has 4 aromatic rings. The number of rotatable bonds is 6. The Morgan fingerprint density at radius 2 is 1.96 bits per heavy atom. The van der Waals surface area contributed by atoms with E-state index in [2.05, 4.69) is 55.9 Å². The van der Waals surface area contributed by atoms with Crippen LogP contribution >= 0.6 is 0 Å². The van der Waals surface area contributed by atoms with E-state index >= 15 is 0 Å². The summed E-state index contributed by atoms with van der Waals surface area (Å²) >= 11 is 0. The van der Waals surface area contributed by atoms with Crippen molar-refractivity contribution in [3.05, 3.63) is 72.3 Å². The molecule has 0 aliphatic rings. The molecule has 3 N–H and O–H groups in total. The Balaban J connectivity index is 1.38. The van der Waals surface area contributed by atoms with Crippen molar-refractivity contribution in [3.8, 4) is 11.3 Å². The van der Waals surface area contributed by atoms with E-state index in [9.17, 15) is 0 Å². The molecule has 5 nitrogen and oxygen atoms in total. The van der Waals surface area contributed by atoms with Crippen LogP contribution in [0, 0.1) is 0 Å². The molecule has 3 aromatic heterocycles. The van der Waals surface area contributed by atoms with Crippen molar-refractivity contribution in [1.29, 1.82) is 0 Å². The summed E-state index contributed by atoms with van der Waals surface area (Å²) in [7, 11) is 0. The van der Waals surface area contributed by atoms with Crippen LogP contribution in [0.25, 0.3) is 22.2 Å². The fraction of sp³-hybridized carbons (Fsp3) is 0.158. The summed E-state index contributed by atoms with van der Waals surface area (Å²) in [6, 6.07) is 12.4.